The highest BCUT2D eigenvalue weighted by Gasteiger charge is 2.79. The number of fused-ring (bicyclic) bond motifs is 3. The average Bonchev–Trinajstić information content (AvgIpc) is 3.48. The molecule has 11 heteroatoms. The number of hydrogen-bond donors (Lipinski definition) is 1. The van der Waals surface area contributed by atoms with E-state index >= 15 is 0 Å². The van der Waals surface area contributed by atoms with Crippen molar-refractivity contribution >= 4 is 23.9 Å². The molecule has 0 unspecified atom stereocenters. The average molecular weight is 631 g/mol. The first kappa shape index (κ1) is 33.2. The van der Waals surface area contributed by atoms with Gasteiger partial charge in [0.15, 0.2) is 6.10 Å². The normalized spacial score (nSPS) is 40.1. The first-order chi connectivity index (χ1) is 21.0. The number of hydrogen-bond acceptors (Lipinski definition) is 11. The zero-order valence-corrected chi connectivity index (χ0v) is 27.4. The van der Waals surface area contributed by atoms with Gasteiger partial charge < -0.3 is 33.2 Å². The Bertz CT molecular complexity index is 1360. The molecule has 1 aromatic heterocycles. The number of aliphatic hydroxyl groups excluding tert-OH is 1. The van der Waals surface area contributed by atoms with Crippen LogP contribution in [0.5, 0.6) is 0 Å². The van der Waals surface area contributed by atoms with Gasteiger partial charge in [-0.25, -0.2) is 4.79 Å². The van der Waals surface area contributed by atoms with Crippen molar-refractivity contribution in [1.29, 1.82) is 0 Å². The van der Waals surface area contributed by atoms with Gasteiger partial charge in [0.25, 0.3) is 0 Å². The highest BCUT2D eigenvalue weighted by molar-refractivity contribution is 5.83. The van der Waals surface area contributed by atoms with Crippen molar-refractivity contribution in [3.05, 3.63) is 36.3 Å². The molecule has 1 aromatic rings. The summed E-state index contributed by atoms with van der Waals surface area (Å²) < 4.78 is 35.5. The van der Waals surface area contributed by atoms with Crippen molar-refractivity contribution in [3.8, 4) is 0 Å². The van der Waals surface area contributed by atoms with Crippen LogP contribution in [0.3, 0.4) is 0 Å². The third-order valence-electron chi connectivity index (χ3n) is 11.4. The van der Waals surface area contributed by atoms with Crippen LogP contribution in [-0.2, 0) is 42.9 Å². The molecule has 1 N–H and O–H groups in total. The molecule has 45 heavy (non-hydrogen) atoms. The summed E-state index contributed by atoms with van der Waals surface area (Å²) in [7, 11) is 1.32. The van der Waals surface area contributed by atoms with Gasteiger partial charge in [-0.1, -0.05) is 48.1 Å². The van der Waals surface area contributed by atoms with Gasteiger partial charge in [-0.3, -0.25) is 14.4 Å². The molecular formula is C34H46O11. The third kappa shape index (κ3) is 4.75. The Morgan fingerprint density at radius 1 is 1.13 bits per heavy atom. The van der Waals surface area contributed by atoms with Crippen molar-refractivity contribution in [2.45, 2.75) is 110 Å². The lowest BCUT2D eigenvalue weighted by atomic mass is 9.40. The highest BCUT2D eigenvalue weighted by atomic mass is 16.6. The van der Waals surface area contributed by atoms with Crippen LogP contribution in [-0.4, -0.2) is 66.1 Å². The van der Waals surface area contributed by atoms with E-state index in [-0.39, 0.29) is 18.8 Å². The lowest BCUT2D eigenvalue weighted by Crippen LogP contribution is -2.80. The fraction of sp³-hybridized carbons (Fsp3) is 0.706. The Kier molecular flexibility index (Phi) is 8.30. The van der Waals surface area contributed by atoms with E-state index in [2.05, 4.69) is 6.58 Å². The molecule has 4 fully saturated rings. The van der Waals surface area contributed by atoms with Crippen LogP contribution in [0.1, 0.15) is 85.8 Å². The second-order valence-electron chi connectivity index (χ2n) is 14.7. The van der Waals surface area contributed by atoms with E-state index in [0.717, 1.165) is 0 Å². The lowest BCUT2D eigenvalue weighted by molar-refractivity contribution is -0.355. The van der Waals surface area contributed by atoms with Gasteiger partial charge in [0.1, 0.15) is 17.8 Å². The summed E-state index contributed by atoms with van der Waals surface area (Å²) in [5, 5.41) is 12.0. The second-order valence-corrected chi connectivity index (χ2v) is 14.7. The van der Waals surface area contributed by atoms with E-state index < -0.39 is 88.1 Å². The van der Waals surface area contributed by atoms with Crippen LogP contribution in [0.2, 0.25) is 0 Å². The Labute approximate surface area is 263 Å². The van der Waals surface area contributed by atoms with Gasteiger partial charge in [-0.2, -0.15) is 0 Å². The lowest BCUT2D eigenvalue weighted by Gasteiger charge is -2.72. The van der Waals surface area contributed by atoms with Gasteiger partial charge in [-0.15, -0.1) is 0 Å². The van der Waals surface area contributed by atoms with Crippen LogP contribution in [0.15, 0.2) is 35.2 Å². The topological polar surface area (TPSA) is 148 Å². The summed E-state index contributed by atoms with van der Waals surface area (Å²) in [6.45, 7) is 17.1. The number of carbonyl (C=O) groups excluding carboxylic acids is 4. The quantitative estimate of drug-likeness (QED) is 0.259. The van der Waals surface area contributed by atoms with E-state index in [1.54, 1.807) is 6.07 Å². The van der Waals surface area contributed by atoms with Gasteiger partial charge in [-0.05, 0) is 47.6 Å². The molecule has 2 aliphatic heterocycles. The van der Waals surface area contributed by atoms with E-state index in [1.165, 1.54) is 26.6 Å². The molecule has 2 bridgehead atoms. The predicted molar refractivity (Wildman–Crippen MR) is 158 cm³/mol. The largest absolute Gasteiger partial charge is 0.472 e. The molecular weight excluding hydrogens is 584 g/mol. The minimum Gasteiger partial charge on any atom is -0.472 e. The van der Waals surface area contributed by atoms with E-state index in [1.807, 2.05) is 41.5 Å². The molecule has 2 aliphatic carbocycles. The summed E-state index contributed by atoms with van der Waals surface area (Å²) in [6.07, 6.45) is -1.78. The predicted octanol–water partition coefficient (Wildman–Crippen LogP) is 4.46. The molecule has 11 nitrogen and oxygen atoms in total. The minimum absolute atomic E-state index is 0.00445. The smallest absolute Gasteiger partial charge is 0.351 e. The monoisotopic (exact) mass is 630 g/mol. The highest BCUT2D eigenvalue weighted by Crippen LogP contribution is 2.72. The zero-order valence-electron chi connectivity index (χ0n) is 27.4. The fourth-order valence-corrected chi connectivity index (χ4v) is 9.19. The van der Waals surface area contributed by atoms with Gasteiger partial charge in [0, 0.05) is 36.2 Å². The summed E-state index contributed by atoms with van der Waals surface area (Å²) in [5.74, 6) is -3.41. The molecule has 0 amide bonds. The molecule has 0 radical (unpaired) electrons. The number of cyclic esters (lactones) is 1. The number of methoxy groups -OCH3 is 1. The Hall–Kier alpha value is -3.18. The number of rotatable bonds is 7. The van der Waals surface area contributed by atoms with E-state index in [9.17, 15) is 24.3 Å². The van der Waals surface area contributed by atoms with Crippen LogP contribution < -0.4 is 0 Å². The standard InChI is InChI=1S/C34H46O11/c1-17(2)14-24(37)43-25-26(38)31(5,6)22(15-23(36)40-9)33(8)21-10-12-32(7)27(20-11-13-41-16-20)44-30(39)29(42-19(4)35)34(32,18(21)3)45-28(25)33/h11,13,16-17,21-22,25-29,38H,3,10,12,14-15H2,1-2,4-9H3/t21-,22+,25-,26+,27+,28-,29+,32-,33+,34+/m0/s1. The molecule has 248 valence electrons. The summed E-state index contributed by atoms with van der Waals surface area (Å²) in [4.78, 5) is 52.6. The Morgan fingerprint density at radius 2 is 1.82 bits per heavy atom. The Balaban J connectivity index is 1.74. The van der Waals surface area contributed by atoms with Crippen LogP contribution >= 0.6 is 0 Å². The van der Waals surface area contributed by atoms with Crippen molar-refractivity contribution in [2.24, 2.45) is 34.0 Å². The molecule has 2 saturated heterocycles. The van der Waals surface area contributed by atoms with Crippen molar-refractivity contribution in [3.63, 3.8) is 0 Å². The fourth-order valence-electron chi connectivity index (χ4n) is 9.19. The van der Waals surface area contributed by atoms with Crippen LogP contribution in [0.25, 0.3) is 0 Å². The van der Waals surface area contributed by atoms with E-state index in [0.29, 0.717) is 24.0 Å². The zero-order chi connectivity index (χ0) is 33.3. The molecule has 10 atom stereocenters. The molecule has 1 spiro atoms. The van der Waals surface area contributed by atoms with Gasteiger partial charge in [0.2, 0.25) is 6.10 Å². The number of esters is 4. The minimum atomic E-state index is -1.64. The van der Waals surface area contributed by atoms with Crippen LogP contribution in [0.4, 0.5) is 0 Å². The number of ether oxygens (including phenoxy) is 5. The van der Waals surface area contributed by atoms with Gasteiger partial charge >= 0.3 is 23.9 Å². The van der Waals surface area contributed by atoms with Crippen LogP contribution in [0, 0.1) is 34.0 Å². The summed E-state index contributed by atoms with van der Waals surface area (Å²) in [6, 6.07) is 1.71. The summed E-state index contributed by atoms with van der Waals surface area (Å²) in [5.41, 5.74) is -3.41. The molecule has 0 aromatic carbocycles. The first-order valence-electron chi connectivity index (χ1n) is 15.7. The number of furan rings is 1. The number of carbonyl (C=O) groups is 4. The molecule has 2 saturated carbocycles. The second kappa shape index (κ2) is 11.3. The number of aliphatic hydroxyl groups is 1. The molecule has 3 heterocycles. The van der Waals surface area contributed by atoms with E-state index in [4.69, 9.17) is 28.1 Å². The molecule has 5 rings (SSSR count). The SMILES string of the molecule is C=C1[C@@H]2CC[C@@]3(C)[C@@H](c4ccoc4)OC(=O)[C@@H](OC(C)=O)[C@]13O[C@H]1[C@@H](OC(=O)CC(C)C)[C@@H](O)C(C)(C)[C@@H](CC(=O)OC)[C@@]21C. The Morgan fingerprint density at radius 3 is 2.40 bits per heavy atom. The maximum Gasteiger partial charge on any atom is 0.351 e. The molecule has 4 aliphatic rings. The van der Waals surface area contributed by atoms with Gasteiger partial charge in [0.05, 0.1) is 25.7 Å². The maximum atomic E-state index is 13.9. The first-order valence-corrected chi connectivity index (χ1v) is 15.7. The van der Waals surface area contributed by atoms with Crippen molar-refractivity contribution in [2.75, 3.05) is 7.11 Å². The maximum absolute atomic E-state index is 13.9. The van der Waals surface area contributed by atoms with Crippen molar-refractivity contribution < 1.29 is 52.4 Å². The van der Waals surface area contributed by atoms with Crippen molar-refractivity contribution in [1.82, 2.24) is 0 Å². The summed E-state index contributed by atoms with van der Waals surface area (Å²) >= 11 is 0. The third-order valence-corrected chi connectivity index (χ3v) is 11.4.